The topological polar surface area (TPSA) is 36.9 Å². The van der Waals surface area contributed by atoms with Gasteiger partial charge in [0.25, 0.3) is 0 Å². The van der Waals surface area contributed by atoms with Crippen molar-refractivity contribution in [2.75, 3.05) is 25.1 Å². The van der Waals surface area contributed by atoms with Crippen LogP contribution in [0.15, 0.2) is 77.3 Å². The number of allylic oxidation sites excluding steroid dienone is 1. The van der Waals surface area contributed by atoms with Crippen molar-refractivity contribution in [1.29, 1.82) is 0 Å². The van der Waals surface area contributed by atoms with Crippen LogP contribution < -0.4 is 5.32 Å². The highest BCUT2D eigenvalue weighted by Crippen LogP contribution is 2.37. The monoisotopic (exact) mass is 525 g/mol. The average Bonchev–Trinajstić information content (AvgIpc) is 2.98. The number of rotatable bonds is 6. The number of nitrogens with zero attached hydrogens (tertiary/aromatic N) is 2. The van der Waals surface area contributed by atoms with E-state index in [9.17, 15) is 0 Å². The summed E-state index contributed by atoms with van der Waals surface area (Å²) in [5.74, 6) is 0. The highest BCUT2D eigenvalue weighted by atomic mass is 35.5. The van der Waals surface area contributed by atoms with Crippen molar-refractivity contribution in [1.82, 2.24) is 4.90 Å². The van der Waals surface area contributed by atoms with Gasteiger partial charge in [0.05, 0.1) is 10.7 Å². The van der Waals surface area contributed by atoms with Gasteiger partial charge in [-0.05, 0) is 85.1 Å². The molecule has 3 aliphatic rings. The van der Waals surface area contributed by atoms with Crippen LogP contribution in [0.2, 0.25) is 5.02 Å². The van der Waals surface area contributed by atoms with Crippen LogP contribution in [0.5, 0.6) is 0 Å². The number of ether oxygens (including phenoxy) is 1. The fourth-order valence-corrected chi connectivity index (χ4v) is 6.35. The molecule has 1 saturated heterocycles. The van der Waals surface area contributed by atoms with Gasteiger partial charge >= 0.3 is 0 Å². The molecule has 1 fully saturated rings. The summed E-state index contributed by atoms with van der Waals surface area (Å²) in [6.07, 6.45) is 6.31. The zero-order valence-electron chi connectivity index (χ0n) is 22.2. The Bertz CT molecular complexity index is 1360. The van der Waals surface area contributed by atoms with E-state index in [-0.39, 0.29) is 0 Å². The van der Waals surface area contributed by atoms with Crippen LogP contribution >= 0.6 is 11.6 Å². The van der Waals surface area contributed by atoms with Crippen LogP contribution in [-0.2, 0) is 17.7 Å². The number of hydrogen-bond acceptors (Lipinski definition) is 4. The van der Waals surface area contributed by atoms with Crippen molar-refractivity contribution < 1.29 is 4.74 Å². The molecule has 3 aromatic carbocycles. The maximum absolute atomic E-state index is 6.81. The molecule has 0 amide bonds. The lowest BCUT2D eigenvalue weighted by molar-refractivity contribution is 0.0291. The van der Waals surface area contributed by atoms with E-state index in [2.05, 4.69) is 77.8 Å². The van der Waals surface area contributed by atoms with Crippen molar-refractivity contribution >= 4 is 34.4 Å². The Kier molecular flexibility index (Phi) is 7.64. The highest BCUT2D eigenvalue weighted by Gasteiger charge is 2.26. The third kappa shape index (κ3) is 5.31. The van der Waals surface area contributed by atoms with Gasteiger partial charge in [0.2, 0.25) is 0 Å². The van der Waals surface area contributed by atoms with Gasteiger partial charge in [0.1, 0.15) is 0 Å². The van der Waals surface area contributed by atoms with E-state index in [1.54, 1.807) is 0 Å². The van der Waals surface area contributed by atoms with Gasteiger partial charge in [0.15, 0.2) is 0 Å². The highest BCUT2D eigenvalue weighted by molar-refractivity contribution is 6.32. The quantitative estimate of drug-likeness (QED) is 0.354. The first-order chi connectivity index (χ1) is 18.7. The summed E-state index contributed by atoms with van der Waals surface area (Å²) in [5.41, 5.74) is 10.9. The van der Waals surface area contributed by atoms with E-state index in [1.807, 2.05) is 6.07 Å². The molecule has 6 rings (SSSR count). The predicted octanol–water partition coefficient (Wildman–Crippen LogP) is 8.02. The summed E-state index contributed by atoms with van der Waals surface area (Å²) in [6, 6.07) is 24.1. The smallest absolute Gasteiger partial charge is 0.0713 e. The second kappa shape index (κ2) is 11.4. The van der Waals surface area contributed by atoms with Crippen LogP contribution in [0, 0.1) is 0 Å². The molecule has 1 N–H and O–H groups in total. The summed E-state index contributed by atoms with van der Waals surface area (Å²) < 4.78 is 5.59. The number of nitrogens with one attached hydrogen (secondary N) is 1. The Hall–Kier alpha value is -2.92. The Balaban J connectivity index is 1.28. The van der Waals surface area contributed by atoms with Crippen molar-refractivity contribution in [2.45, 2.75) is 58.0 Å². The second-order valence-electron chi connectivity index (χ2n) is 10.6. The molecule has 4 nitrogen and oxygen atoms in total. The maximum atomic E-state index is 6.81. The van der Waals surface area contributed by atoms with Crippen molar-refractivity contribution in [3.63, 3.8) is 0 Å². The molecule has 3 heterocycles. The molecule has 0 aromatic heterocycles. The number of halogens is 1. The molecular weight excluding hydrogens is 490 g/mol. The molecule has 5 heteroatoms. The van der Waals surface area contributed by atoms with E-state index in [1.165, 1.54) is 28.0 Å². The van der Waals surface area contributed by atoms with E-state index in [0.717, 1.165) is 92.5 Å². The minimum absolute atomic E-state index is 0.644. The summed E-state index contributed by atoms with van der Waals surface area (Å²) >= 11 is 6.81. The lowest BCUT2D eigenvalue weighted by Crippen LogP contribution is -2.42. The fourth-order valence-electron chi connectivity index (χ4n) is 6.14. The third-order valence-electron chi connectivity index (χ3n) is 8.28. The minimum atomic E-state index is 0.644. The second-order valence-corrected chi connectivity index (χ2v) is 11.0. The number of anilines is 2. The van der Waals surface area contributed by atoms with E-state index >= 15 is 0 Å². The van der Waals surface area contributed by atoms with E-state index < -0.39 is 0 Å². The lowest BCUT2D eigenvalue weighted by atomic mass is 9.93. The SMILES string of the molecule is CCC1=C(c2cc(Nc3cccc4c3CCN(C3CCOCC3)C4)ccc2Cl)N=C(c2ccccc2)CC1. The standard InChI is InChI=1S/C33H36ClN3O/c1-2-23-11-14-31(24-7-4-3-5-8-24)36-33(23)29-21-26(12-13-30(29)34)35-32-10-6-9-25-22-37(18-15-28(25)32)27-16-19-38-20-17-27/h3-10,12-13,21,27,35H,2,11,14-20,22H2,1H3. The summed E-state index contributed by atoms with van der Waals surface area (Å²) in [6.45, 7) is 6.12. The molecule has 0 bridgehead atoms. The number of fused-ring (bicyclic) bond motifs is 1. The van der Waals surface area contributed by atoms with Crippen LogP contribution in [0.3, 0.4) is 0 Å². The van der Waals surface area contributed by atoms with Gasteiger partial charge in [-0.3, -0.25) is 9.89 Å². The fraction of sp³-hybridized carbons (Fsp3) is 0.364. The van der Waals surface area contributed by atoms with Crippen LogP contribution in [0.25, 0.3) is 5.70 Å². The van der Waals surface area contributed by atoms with Gasteiger partial charge in [-0.2, -0.15) is 0 Å². The number of benzene rings is 3. The Labute approximate surface area is 231 Å². The number of aliphatic imine (C=N–C) groups is 1. The maximum Gasteiger partial charge on any atom is 0.0713 e. The lowest BCUT2D eigenvalue weighted by Gasteiger charge is -2.38. The van der Waals surface area contributed by atoms with Gasteiger partial charge < -0.3 is 10.1 Å². The van der Waals surface area contributed by atoms with Crippen LogP contribution in [0.1, 0.15) is 61.3 Å². The first-order valence-corrected chi connectivity index (χ1v) is 14.4. The molecular formula is C33H36ClN3O. The van der Waals surface area contributed by atoms with Crippen LogP contribution in [-0.4, -0.2) is 36.4 Å². The van der Waals surface area contributed by atoms with Gasteiger partial charge in [0, 0.05) is 55.0 Å². The minimum Gasteiger partial charge on any atom is -0.381 e. The van der Waals surface area contributed by atoms with Crippen molar-refractivity contribution in [2.24, 2.45) is 4.99 Å². The largest absolute Gasteiger partial charge is 0.381 e. The average molecular weight is 526 g/mol. The molecule has 3 aliphatic heterocycles. The Morgan fingerprint density at radius 3 is 2.63 bits per heavy atom. The molecule has 38 heavy (non-hydrogen) atoms. The third-order valence-corrected chi connectivity index (χ3v) is 8.61. The van der Waals surface area contributed by atoms with E-state index in [0.29, 0.717) is 6.04 Å². The van der Waals surface area contributed by atoms with Gasteiger partial charge in [-0.1, -0.05) is 61.0 Å². The summed E-state index contributed by atoms with van der Waals surface area (Å²) in [5, 5.41) is 4.49. The molecule has 0 radical (unpaired) electrons. The Morgan fingerprint density at radius 1 is 0.974 bits per heavy atom. The van der Waals surface area contributed by atoms with Crippen molar-refractivity contribution in [3.8, 4) is 0 Å². The Morgan fingerprint density at radius 2 is 1.82 bits per heavy atom. The first-order valence-electron chi connectivity index (χ1n) is 14.0. The van der Waals surface area contributed by atoms with Crippen LogP contribution in [0.4, 0.5) is 11.4 Å². The zero-order valence-corrected chi connectivity index (χ0v) is 22.9. The molecule has 0 atom stereocenters. The zero-order chi connectivity index (χ0) is 25.9. The molecule has 3 aromatic rings. The molecule has 0 aliphatic carbocycles. The predicted molar refractivity (Wildman–Crippen MR) is 159 cm³/mol. The number of hydrogen-bond donors (Lipinski definition) is 1. The van der Waals surface area contributed by atoms with E-state index in [4.69, 9.17) is 21.3 Å². The summed E-state index contributed by atoms with van der Waals surface area (Å²) in [7, 11) is 0. The van der Waals surface area contributed by atoms with Gasteiger partial charge in [-0.25, -0.2) is 0 Å². The van der Waals surface area contributed by atoms with Crippen molar-refractivity contribution in [3.05, 3.63) is 99.6 Å². The first kappa shape index (κ1) is 25.4. The molecule has 0 unspecified atom stereocenters. The van der Waals surface area contributed by atoms with Gasteiger partial charge in [-0.15, -0.1) is 0 Å². The summed E-state index contributed by atoms with van der Waals surface area (Å²) in [4.78, 5) is 7.83. The molecule has 0 spiro atoms. The molecule has 0 saturated carbocycles. The molecule has 196 valence electrons. The normalized spacial score (nSPS) is 18.7.